The first-order chi connectivity index (χ1) is 10.1. The van der Waals surface area contributed by atoms with Crippen LogP contribution in [0.1, 0.15) is 31.8 Å². The Morgan fingerprint density at radius 1 is 0.857 bits per heavy atom. The van der Waals surface area contributed by atoms with E-state index in [9.17, 15) is 9.59 Å². The molecule has 1 aromatic heterocycles. The highest BCUT2D eigenvalue weighted by molar-refractivity contribution is 6.54. The largest absolute Gasteiger partial charge is 0.354 e. The van der Waals surface area contributed by atoms with E-state index in [-0.39, 0.29) is 0 Å². The average Bonchev–Trinajstić information content (AvgIpc) is 2.86. The fourth-order valence-electron chi connectivity index (χ4n) is 3.03. The third-order valence-corrected chi connectivity index (χ3v) is 4.29. The highest BCUT2D eigenvalue weighted by Gasteiger charge is 2.33. The van der Waals surface area contributed by atoms with Crippen LogP contribution in [0.15, 0.2) is 36.4 Å². The summed E-state index contributed by atoms with van der Waals surface area (Å²) >= 11 is 0. The summed E-state index contributed by atoms with van der Waals surface area (Å²) in [5.74, 6) is -0.830. The number of aromatic amines is 1. The summed E-state index contributed by atoms with van der Waals surface area (Å²) in [6.45, 7) is 3.97. The summed E-state index contributed by atoms with van der Waals surface area (Å²) in [6, 6.07) is 11.4. The Kier molecular flexibility index (Phi) is 2.25. The van der Waals surface area contributed by atoms with Gasteiger partial charge in [0.05, 0.1) is 11.3 Å². The molecule has 2 aromatic carbocycles. The van der Waals surface area contributed by atoms with E-state index >= 15 is 0 Å². The second-order valence-electron chi connectivity index (χ2n) is 5.56. The number of para-hydroxylation sites is 1. The second-order valence-corrected chi connectivity index (χ2v) is 5.56. The van der Waals surface area contributed by atoms with Crippen LogP contribution in [0.2, 0.25) is 0 Å². The first kappa shape index (κ1) is 12.1. The number of aromatic nitrogens is 1. The maximum atomic E-state index is 12.5. The number of ketones is 2. The average molecular weight is 275 g/mol. The van der Waals surface area contributed by atoms with Crippen molar-refractivity contribution in [2.75, 3.05) is 0 Å². The predicted octanol–water partition coefficient (Wildman–Crippen LogP) is 3.83. The number of hydrogen-bond donors (Lipinski definition) is 1. The van der Waals surface area contributed by atoms with Crippen molar-refractivity contribution in [3.05, 3.63) is 58.7 Å². The van der Waals surface area contributed by atoms with E-state index in [4.69, 9.17) is 0 Å². The summed E-state index contributed by atoms with van der Waals surface area (Å²) in [4.78, 5) is 28.2. The topological polar surface area (TPSA) is 49.9 Å². The van der Waals surface area contributed by atoms with Gasteiger partial charge in [0.15, 0.2) is 0 Å². The molecule has 1 heterocycles. The number of Topliss-reactive ketones (excluding diaryl/α,β-unsaturated/α-hetero) is 2. The van der Waals surface area contributed by atoms with Crippen LogP contribution in [0, 0.1) is 13.8 Å². The second kappa shape index (κ2) is 3.92. The van der Waals surface area contributed by atoms with E-state index in [1.165, 1.54) is 0 Å². The van der Waals surface area contributed by atoms with Crippen LogP contribution in [-0.4, -0.2) is 16.6 Å². The van der Waals surface area contributed by atoms with Gasteiger partial charge in [-0.25, -0.2) is 0 Å². The third kappa shape index (κ3) is 1.49. The van der Waals surface area contributed by atoms with Crippen LogP contribution in [0.25, 0.3) is 22.2 Å². The molecule has 0 spiro atoms. The van der Waals surface area contributed by atoms with Crippen molar-refractivity contribution in [1.82, 2.24) is 4.98 Å². The molecular weight excluding hydrogens is 262 g/mol. The zero-order chi connectivity index (χ0) is 14.7. The first-order valence-corrected chi connectivity index (χ1v) is 6.89. The molecule has 0 aliphatic heterocycles. The molecule has 21 heavy (non-hydrogen) atoms. The van der Waals surface area contributed by atoms with Gasteiger partial charge in [-0.3, -0.25) is 9.59 Å². The van der Waals surface area contributed by atoms with Crippen molar-refractivity contribution in [2.24, 2.45) is 0 Å². The minimum absolute atomic E-state index is 0.412. The third-order valence-electron chi connectivity index (χ3n) is 4.29. The molecule has 102 valence electrons. The van der Waals surface area contributed by atoms with Crippen LogP contribution in [0.4, 0.5) is 0 Å². The van der Waals surface area contributed by atoms with E-state index < -0.39 is 11.6 Å². The van der Waals surface area contributed by atoms with E-state index in [0.29, 0.717) is 11.1 Å². The molecule has 3 heteroatoms. The van der Waals surface area contributed by atoms with Gasteiger partial charge in [-0.1, -0.05) is 18.2 Å². The standard InChI is InChI=1S/C18H13NO2/c1-9-7-12-13(8-10(9)2)17(20)18(21)15-11-5-3-4-6-14(11)19-16(12)15/h3-8,19H,1-2H3. The number of carbonyl (C=O) groups is 2. The maximum absolute atomic E-state index is 12.5. The lowest BCUT2D eigenvalue weighted by Crippen LogP contribution is -2.21. The summed E-state index contributed by atoms with van der Waals surface area (Å²) in [7, 11) is 0. The summed E-state index contributed by atoms with van der Waals surface area (Å²) in [6.07, 6.45) is 0. The zero-order valence-corrected chi connectivity index (χ0v) is 11.8. The Hall–Kier alpha value is -2.68. The molecule has 3 aromatic rings. The molecule has 0 radical (unpaired) electrons. The molecule has 0 bridgehead atoms. The number of rotatable bonds is 0. The number of benzene rings is 2. The molecule has 0 fully saturated rings. The molecule has 0 saturated carbocycles. The van der Waals surface area contributed by atoms with Crippen molar-refractivity contribution in [1.29, 1.82) is 0 Å². The van der Waals surface area contributed by atoms with Crippen molar-refractivity contribution in [3.63, 3.8) is 0 Å². The lowest BCUT2D eigenvalue weighted by atomic mass is 9.85. The minimum atomic E-state index is -0.418. The van der Waals surface area contributed by atoms with Gasteiger partial charge in [0.2, 0.25) is 11.6 Å². The lowest BCUT2D eigenvalue weighted by Gasteiger charge is -2.16. The van der Waals surface area contributed by atoms with E-state index in [2.05, 4.69) is 4.98 Å². The number of H-pyrrole nitrogens is 1. The van der Waals surface area contributed by atoms with E-state index in [1.807, 2.05) is 50.2 Å². The Morgan fingerprint density at radius 2 is 1.52 bits per heavy atom. The molecule has 0 atom stereocenters. The molecule has 1 aliphatic rings. The zero-order valence-electron chi connectivity index (χ0n) is 11.8. The summed E-state index contributed by atoms with van der Waals surface area (Å²) < 4.78 is 0. The number of nitrogens with one attached hydrogen (secondary N) is 1. The van der Waals surface area contributed by atoms with Crippen molar-refractivity contribution < 1.29 is 9.59 Å². The van der Waals surface area contributed by atoms with Crippen LogP contribution in [0.5, 0.6) is 0 Å². The van der Waals surface area contributed by atoms with Gasteiger partial charge < -0.3 is 4.98 Å². The Labute approximate surface area is 121 Å². The van der Waals surface area contributed by atoms with Gasteiger partial charge in [0, 0.05) is 22.0 Å². The number of fused-ring (bicyclic) bond motifs is 5. The van der Waals surface area contributed by atoms with E-state index in [0.717, 1.165) is 33.3 Å². The molecule has 0 amide bonds. The van der Waals surface area contributed by atoms with Gasteiger partial charge in [0.25, 0.3) is 0 Å². The predicted molar refractivity (Wildman–Crippen MR) is 81.9 cm³/mol. The van der Waals surface area contributed by atoms with Crippen LogP contribution >= 0.6 is 0 Å². The molecule has 4 rings (SSSR count). The van der Waals surface area contributed by atoms with Gasteiger partial charge in [-0.2, -0.15) is 0 Å². The number of aryl methyl sites for hydroxylation is 2. The van der Waals surface area contributed by atoms with Gasteiger partial charge >= 0.3 is 0 Å². The molecular formula is C18H13NO2. The molecule has 1 aliphatic carbocycles. The SMILES string of the molecule is Cc1cc2c(cc1C)-c1[nH]c3ccccc3c1C(=O)C2=O. The maximum Gasteiger partial charge on any atom is 0.236 e. The normalized spacial score (nSPS) is 13.4. The molecule has 0 unspecified atom stereocenters. The van der Waals surface area contributed by atoms with Gasteiger partial charge in [0.1, 0.15) is 0 Å². The Bertz CT molecular complexity index is 947. The van der Waals surface area contributed by atoms with Crippen molar-refractivity contribution >= 4 is 22.5 Å². The number of hydrogen-bond acceptors (Lipinski definition) is 2. The van der Waals surface area contributed by atoms with E-state index in [1.54, 1.807) is 0 Å². The van der Waals surface area contributed by atoms with Crippen molar-refractivity contribution in [2.45, 2.75) is 13.8 Å². The van der Waals surface area contributed by atoms with Crippen LogP contribution in [0.3, 0.4) is 0 Å². The van der Waals surface area contributed by atoms with Crippen LogP contribution in [-0.2, 0) is 0 Å². The summed E-state index contributed by atoms with van der Waals surface area (Å²) in [5.41, 5.74) is 5.62. The number of carbonyl (C=O) groups excluding carboxylic acids is 2. The quantitative estimate of drug-likeness (QED) is 0.634. The fourth-order valence-corrected chi connectivity index (χ4v) is 3.03. The smallest absolute Gasteiger partial charge is 0.236 e. The lowest BCUT2D eigenvalue weighted by molar-refractivity contribution is 0.0816. The highest BCUT2D eigenvalue weighted by atomic mass is 16.2. The Balaban J connectivity index is 2.17. The molecule has 3 nitrogen and oxygen atoms in total. The van der Waals surface area contributed by atoms with Gasteiger partial charge in [-0.15, -0.1) is 0 Å². The Morgan fingerprint density at radius 3 is 2.29 bits per heavy atom. The van der Waals surface area contributed by atoms with Crippen molar-refractivity contribution in [3.8, 4) is 11.3 Å². The monoisotopic (exact) mass is 275 g/mol. The minimum Gasteiger partial charge on any atom is -0.354 e. The highest BCUT2D eigenvalue weighted by Crippen LogP contribution is 2.38. The van der Waals surface area contributed by atoms with Crippen LogP contribution < -0.4 is 0 Å². The summed E-state index contributed by atoms with van der Waals surface area (Å²) in [5, 5.41) is 0.815. The molecule has 0 saturated heterocycles. The first-order valence-electron chi connectivity index (χ1n) is 6.89. The van der Waals surface area contributed by atoms with Gasteiger partial charge in [-0.05, 0) is 43.2 Å². The molecule has 1 N–H and O–H groups in total. The fraction of sp³-hybridized carbons (Fsp3) is 0.111.